The Hall–Kier alpha value is -3.30. The van der Waals surface area contributed by atoms with Gasteiger partial charge in [0.2, 0.25) is 0 Å². The van der Waals surface area contributed by atoms with E-state index in [-0.39, 0.29) is 17.5 Å². The molecule has 0 amide bonds. The Labute approximate surface area is 208 Å². The smallest absolute Gasteiger partial charge is 0.330 e. The second kappa shape index (κ2) is 9.39. The van der Waals surface area contributed by atoms with E-state index >= 15 is 0 Å². The fourth-order valence-corrected chi connectivity index (χ4v) is 4.99. The summed E-state index contributed by atoms with van der Waals surface area (Å²) in [4.78, 5) is 15.6. The lowest BCUT2D eigenvalue weighted by Crippen LogP contribution is -2.37. The standard InChI is InChI=1S/C26H29FN6OS/c1-17-6-8-18(9-7-17)15-33-23(28-20-12-10-19(27)11-13-20)22-24(29-33)32(26(34)31(3)25(22)35)16-21-5-4-14-30(21)2/h6-13,21,28H,4-5,14-16H2,1-3H3. The van der Waals surface area contributed by atoms with Gasteiger partial charge in [-0.2, -0.15) is 5.10 Å². The van der Waals surface area contributed by atoms with Crippen molar-refractivity contribution in [2.75, 3.05) is 18.9 Å². The fourth-order valence-electron chi connectivity index (χ4n) is 4.72. The van der Waals surface area contributed by atoms with Gasteiger partial charge < -0.3 is 10.2 Å². The van der Waals surface area contributed by atoms with E-state index in [0.717, 1.165) is 24.9 Å². The van der Waals surface area contributed by atoms with Gasteiger partial charge in [0.1, 0.15) is 16.3 Å². The third-order valence-electron chi connectivity index (χ3n) is 6.85. The number of hydrogen-bond acceptors (Lipinski definition) is 5. The zero-order chi connectivity index (χ0) is 24.7. The lowest BCUT2D eigenvalue weighted by atomic mass is 10.1. The summed E-state index contributed by atoms with van der Waals surface area (Å²) < 4.78 is 19.1. The molecular formula is C26H29FN6OS. The highest BCUT2D eigenvalue weighted by molar-refractivity contribution is 7.71. The number of halogens is 1. The van der Waals surface area contributed by atoms with Crippen molar-refractivity contribution in [1.29, 1.82) is 0 Å². The monoisotopic (exact) mass is 492 g/mol. The number of aromatic nitrogens is 4. The molecule has 2 aromatic heterocycles. The number of hydrogen-bond donors (Lipinski definition) is 1. The Morgan fingerprint density at radius 3 is 2.49 bits per heavy atom. The van der Waals surface area contributed by atoms with Gasteiger partial charge in [0.05, 0.1) is 11.9 Å². The lowest BCUT2D eigenvalue weighted by molar-refractivity contribution is 0.280. The SMILES string of the molecule is Cc1ccc(Cn2nc3c(c2Nc2ccc(F)cc2)c(=S)n(C)c(=O)n3CC2CCCN2C)cc1. The largest absolute Gasteiger partial charge is 0.340 e. The first kappa shape index (κ1) is 23.4. The maximum Gasteiger partial charge on any atom is 0.330 e. The highest BCUT2D eigenvalue weighted by Gasteiger charge is 2.25. The van der Waals surface area contributed by atoms with Crippen molar-refractivity contribution in [3.8, 4) is 0 Å². The van der Waals surface area contributed by atoms with Gasteiger partial charge in [0.25, 0.3) is 0 Å². The molecule has 1 aliphatic rings. The minimum absolute atomic E-state index is 0.170. The Morgan fingerprint density at radius 2 is 1.83 bits per heavy atom. The van der Waals surface area contributed by atoms with Crippen molar-refractivity contribution < 1.29 is 4.39 Å². The number of nitrogens with one attached hydrogen (secondary N) is 1. The van der Waals surface area contributed by atoms with E-state index in [1.54, 1.807) is 23.7 Å². The molecule has 1 aliphatic heterocycles. The molecule has 7 nitrogen and oxygen atoms in total. The second-order valence-corrected chi connectivity index (χ2v) is 9.74. The summed E-state index contributed by atoms with van der Waals surface area (Å²) in [5, 5.41) is 9.03. The van der Waals surface area contributed by atoms with E-state index in [9.17, 15) is 9.18 Å². The number of anilines is 2. The molecule has 1 saturated heterocycles. The summed E-state index contributed by atoms with van der Waals surface area (Å²) in [5.41, 5.74) is 3.36. The van der Waals surface area contributed by atoms with Crippen molar-refractivity contribution >= 4 is 34.8 Å². The molecule has 4 aromatic rings. The Kier molecular flexibility index (Phi) is 6.29. The van der Waals surface area contributed by atoms with Crippen LogP contribution in [0.1, 0.15) is 24.0 Å². The molecule has 1 N–H and O–H groups in total. The molecule has 1 unspecified atom stereocenters. The fraction of sp³-hybridized carbons (Fsp3) is 0.346. The van der Waals surface area contributed by atoms with Gasteiger partial charge in [-0.25, -0.2) is 13.9 Å². The van der Waals surface area contributed by atoms with E-state index in [1.165, 1.54) is 22.3 Å². The van der Waals surface area contributed by atoms with Crippen LogP contribution < -0.4 is 11.0 Å². The van der Waals surface area contributed by atoms with E-state index in [1.807, 2.05) is 4.68 Å². The van der Waals surface area contributed by atoms with Crippen LogP contribution in [0.15, 0.2) is 53.3 Å². The highest BCUT2D eigenvalue weighted by atomic mass is 32.1. The minimum atomic E-state index is -0.307. The Bertz CT molecular complexity index is 1490. The van der Waals surface area contributed by atoms with Gasteiger partial charge in [-0.1, -0.05) is 42.0 Å². The van der Waals surface area contributed by atoms with Crippen LogP contribution >= 0.6 is 12.2 Å². The molecule has 5 rings (SSSR count). The molecular weight excluding hydrogens is 463 g/mol. The summed E-state index contributed by atoms with van der Waals surface area (Å²) in [7, 11) is 3.80. The normalized spacial score (nSPS) is 16.3. The molecule has 0 spiro atoms. The first-order valence-electron chi connectivity index (χ1n) is 11.8. The third kappa shape index (κ3) is 4.53. The topological polar surface area (TPSA) is 60.0 Å². The number of likely N-dealkylation sites (N-methyl/N-ethyl adjacent to an activating group) is 1. The predicted molar refractivity (Wildman–Crippen MR) is 139 cm³/mol. The Balaban J connectivity index is 1.69. The third-order valence-corrected chi connectivity index (χ3v) is 7.33. The number of aryl methyl sites for hydroxylation is 1. The molecule has 1 atom stereocenters. The van der Waals surface area contributed by atoms with Crippen LogP contribution in [0.2, 0.25) is 0 Å². The van der Waals surface area contributed by atoms with Gasteiger partial charge in [-0.05, 0) is 63.2 Å². The van der Waals surface area contributed by atoms with Crippen LogP contribution in [0.4, 0.5) is 15.9 Å². The molecule has 0 radical (unpaired) electrons. The van der Waals surface area contributed by atoms with Gasteiger partial charge in [0, 0.05) is 25.3 Å². The molecule has 9 heteroatoms. The van der Waals surface area contributed by atoms with Crippen LogP contribution in [-0.4, -0.2) is 43.4 Å². The number of benzene rings is 2. The predicted octanol–water partition coefficient (Wildman–Crippen LogP) is 4.60. The number of likely N-dealkylation sites (tertiary alicyclic amines) is 1. The van der Waals surface area contributed by atoms with Crippen molar-refractivity contribution in [2.45, 2.75) is 38.9 Å². The van der Waals surface area contributed by atoms with E-state index in [4.69, 9.17) is 17.3 Å². The summed E-state index contributed by atoms with van der Waals surface area (Å²) in [5.74, 6) is 0.375. The lowest BCUT2D eigenvalue weighted by Gasteiger charge is -2.21. The van der Waals surface area contributed by atoms with Crippen LogP contribution in [-0.2, 0) is 20.1 Å². The first-order valence-corrected chi connectivity index (χ1v) is 12.2. The molecule has 182 valence electrons. The average molecular weight is 493 g/mol. The molecule has 35 heavy (non-hydrogen) atoms. The molecule has 0 aliphatic carbocycles. The molecule has 3 heterocycles. The maximum absolute atomic E-state index is 13.6. The Morgan fingerprint density at radius 1 is 1.11 bits per heavy atom. The molecule has 0 bridgehead atoms. The minimum Gasteiger partial charge on any atom is -0.340 e. The zero-order valence-electron chi connectivity index (χ0n) is 20.2. The van der Waals surface area contributed by atoms with Crippen molar-refractivity contribution in [1.82, 2.24) is 23.8 Å². The maximum atomic E-state index is 13.6. The summed E-state index contributed by atoms with van der Waals surface area (Å²) in [6.45, 7) is 4.12. The summed E-state index contributed by atoms with van der Waals surface area (Å²) in [6.07, 6.45) is 2.15. The number of fused-ring (bicyclic) bond motifs is 1. The van der Waals surface area contributed by atoms with Gasteiger partial charge in [-0.15, -0.1) is 0 Å². The van der Waals surface area contributed by atoms with E-state index in [2.05, 4.69) is 48.5 Å². The van der Waals surface area contributed by atoms with Crippen molar-refractivity contribution in [2.24, 2.45) is 7.05 Å². The second-order valence-electron chi connectivity index (χ2n) is 9.36. The van der Waals surface area contributed by atoms with Gasteiger partial charge in [0.15, 0.2) is 5.65 Å². The summed E-state index contributed by atoms with van der Waals surface area (Å²) in [6, 6.07) is 14.7. The summed E-state index contributed by atoms with van der Waals surface area (Å²) >= 11 is 5.75. The van der Waals surface area contributed by atoms with Crippen molar-refractivity contribution in [3.05, 3.63) is 80.6 Å². The zero-order valence-corrected chi connectivity index (χ0v) is 21.0. The number of rotatable bonds is 6. The van der Waals surface area contributed by atoms with Crippen LogP contribution in [0.3, 0.4) is 0 Å². The highest BCUT2D eigenvalue weighted by Crippen LogP contribution is 2.29. The number of nitrogens with zero attached hydrogens (tertiary/aromatic N) is 5. The van der Waals surface area contributed by atoms with Crippen LogP contribution in [0, 0.1) is 17.4 Å². The van der Waals surface area contributed by atoms with Crippen LogP contribution in [0.5, 0.6) is 0 Å². The quantitative estimate of drug-likeness (QED) is 0.399. The average Bonchev–Trinajstić information content (AvgIpc) is 3.41. The molecule has 1 fully saturated rings. The molecule has 2 aromatic carbocycles. The molecule has 0 saturated carbocycles. The van der Waals surface area contributed by atoms with Gasteiger partial charge in [-0.3, -0.25) is 9.13 Å². The van der Waals surface area contributed by atoms with Crippen LogP contribution in [0.25, 0.3) is 11.0 Å². The van der Waals surface area contributed by atoms with Gasteiger partial charge >= 0.3 is 5.69 Å². The van der Waals surface area contributed by atoms with E-state index < -0.39 is 0 Å². The van der Waals surface area contributed by atoms with E-state index in [0.29, 0.717) is 40.3 Å². The van der Waals surface area contributed by atoms with Crippen molar-refractivity contribution in [3.63, 3.8) is 0 Å². The first-order chi connectivity index (χ1) is 16.8.